The van der Waals surface area contributed by atoms with Crippen LogP contribution >= 0.6 is 23.6 Å². The fourth-order valence-electron chi connectivity index (χ4n) is 3.48. The Hall–Kier alpha value is -2.24. The Balaban J connectivity index is 1.81. The molecule has 1 aromatic carbocycles. The maximum absolute atomic E-state index is 5.75. The van der Waals surface area contributed by atoms with Crippen molar-refractivity contribution in [2.45, 2.75) is 32.4 Å². The molecule has 0 amide bonds. The Morgan fingerprint density at radius 2 is 1.96 bits per heavy atom. The summed E-state index contributed by atoms with van der Waals surface area (Å²) in [6.45, 7) is 4.34. The van der Waals surface area contributed by atoms with Gasteiger partial charge in [-0.15, -0.1) is 11.3 Å². The van der Waals surface area contributed by atoms with Crippen molar-refractivity contribution >= 4 is 34.4 Å². The minimum Gasteiger partial charge on any atom is -0.351 e. The van der Waals surface area contributed by atoms with Gasteiger partial charge in [0.2, 0.25) is 0 Å². The van der Waals surface area contributed by atoms with Crippen molar-refractivity contribution in [2.24, 2.45) is 0 Å². The molecule has 3 aromatic rings. The molecule has 2 atom stereocenters. The van der Waals surface area contributed by atoms with Gasteiger partial charge in [-0.2, -0.15) is 0 Å². The zero-order valence-electron chi connectivity index (χ0n) is 14.8. The molecule has 0 spiro atoms. The molecular formula is C21H21N3S2. The predicted octanol–water partition coefficient (Wildman–Crippen LogP) is 5.19. The second-order valence-electron chi connectivity index (χ2n) is 6.48. The van der Waals surface area contributed by atoms with Crippen LogP contribution in [0.3, 0.4) is 0 Å². The molecule has 1 aliphatic rings. The van der Waals surface area contributed by atoms with E-state index in [9.17, 15) is 0 Å². The monoisotopic (exact) mass is 379 g/mol. The van der Waals surface area contributed by atoms with E-state index in [1.165, 1.54) is 16.0 Å². The Bertz CT molecular complexity index is 903. The fraction of sp³-hybridized carbons (Fsp3) is 0.238. The van der Waals surface area contributed by atoms with Gasteiger partial charge in [0.1, 0.15) is 0 Å². The normalized spacial score (nSPS) is 19.6. The molecule has 4 rings (SSSR count). The quantitative estimate of drug-likeness (QED) is 0.631. The van der Waals surface area contributed by atoms with Crippen molar-refractivity contribution in [1.82, 2.24) is 10.3 Å². The van der Waals surface area contributed by atoms with Crippen LogP contribution in [0.15, 0.2) is 60.1 Å². The molecule has 26 heavy (non-hydrogen) atoms. The summed E-state index contributed by atoms with van der Waals surface area (Å²) < 4.78 is 0. The fourth-order valence-corrected chi connectivity index (χ4v) is 4.88. The third kappa shape index (κ3) is 3.02. The van der Waals surface area contributed by atoms with E-state index in [-0.39, 0.29) is 12.1 Å². The maximum atomic E-state index is 5.75. The lowest BCUT2D eigenvalue weighted by Crippen LogP contribution is -2.29. The Kier molecular flexibility index (Phi) is 4.74. The number of hydrogen-bond acceptors (Lipinski definition) is 3. The summed E-state index contributed by atoms with van der Waals surface area (Å²) >= 11 is 7.53. The molecule has 3 heterocycles. The highest BCUT2D eigenvalue weighted by Gasteiger charge is 2.41. The lowest BCUT2D eigenvalue weighted by Gasteiger charge is -2.27. The van der Waals surface area contributed by atoms with E-state index in [1.807, 2.05) is 18.3 Å². The molecule has 0 saturated carbocycles. The number of aromatic nitrogens is 1. The highest BCUT2D eigenvalue weighted by atomic mass is 32.1. The van der Waals surface area contributed by atoms with Crippen molar-refractivity contribution in [3.8, 4) is 0 Å². The molecule has 1 fully saturated rings. The van der Waals surface area contributed by atoms with Crippen LogP contribution in [0.1, 0.15) is 40.7 Å². The van der Waals surface area contributed by atoms with Gasteiger partial charge in [-0.1, -0.05) is 25.1 Å². The molecule has 1 N–H and O–H groups in total. The van der Waals surface area contributed by atoms with E-state index in [0.29, 0.717) is 0 Å². The third-order valence-corrected chi connectivity index (χ3v) is 6.30. The number of nitrogens with zero attached hydrogens (tertiary/aromatic N) is 2. The van der Waals surface area contributed by atoms with Crippen molar-refractivity contribution in [3.05, 3.63) is 81.8 Å². The molecule has 5 heteroatoms. The number of anilines is 1. The average Bonchev–Trinajstić information content (AvgIpc) is 3.25. The zero-order chi connectivity index (χ0) is 18.1. The van der Waals surface area contributed by atoms with Crippen LogP contribution in [0.5, 0.6) is 0 Å². The van der Waals surface area contributed by atoms with Crippen LogP contribution in [0.2, 0.25) is 0 Å². The maximum Gasteiger partial charge on any atom is 0.174 e. The Morgan fingerprint density at radius 1 is 1.15 bits per heavy atom. The molecule has 1 aliphatic heterocycles. The number of thiocarbonyl (C=S) groups is 1. The van der Waals surface area contributed by atoms with E-state index in [1.54, 1.807) is 11.3 Å². The van der Waals surface area contributed by atoms with Crippen LogP contribution in [0, 0.1) is 6.92 Å². The van der Waals surface area contributed by atoms with Gasteiger partial charge in [-0.3, -0.25) is 4.98 Å². The van der Waals surface area contributed by atoms with Gasteiger partial charge >= 0.3 is 0 Å². The van der Waals surface area contributed by atoms with Gasteiger partial charge in [-0.25, -0.2) is 0 Å². The molecule has 0 bridgehead atoms. The number of pyridine rings is 1. The van der Waals surface area contributed by atoms with Crippen LogP contribution in [-0.2, 0) is 6.42 Å². The van der Waals surface area contributed by atoms with Gasteiger partial charge in [0, 0.05) is 16.8 Å². The lowest BCUT2D eigenvalue weighted by atomic mass is 10.0. The SMILES string of the molecule is CCc1ccc(N2C(=S)N[C@H](c3ccccn3)[C@@H]2c2sccc2C)cc1. The van der Waals surface area contributed by atoms with Crippen LogP contribution in [0.4, 0.5) is 5.69 Å². The average molecular weight is 380 g/mol. The molecule has 0 radical (unpaired) electrons. The molecule has 0 aliphatic carbocycles. The summed E-state index contributed by atoms with van der Waals surface area (Å²) in [7, 11) is 0. The standard InChI is InChI=1S/C21H21N3S2/c1-3-15-7-9-16(10-8-15)24-19(20-14(2)11-13-26-20)18(23-21(24)25)17-6-4-5-12-22-17/h4-13,18-19H,3H2,1-2H3,(H,23,25)/t18-,19-/m1/s1. The number of thiophene rings is 1. The topological polar surface area (TPSA) is 28.2 Å². The largest absolute Gasteiger partial charge is 0.351 e. The molecule has 132 valence electrons. The molecule has 1 saturated heterocycles. The zero-order valence-corrected chi connectivity index (χ0v) is 16.5. The first kappa shape index (κ1) is 17.2. The second kappa shape index (κ2) is 7.17. The molecular weight excluding hydrogens is 358 g/mol. The van der Waals surface area contributed by atoms with Crippen molar-refractivity contribution < 1.29 is 0 Å². The highest BCUT2D eigenvalue weighted by Crippen LogP contribution is 2.44. The number of aryl methyl sites for hydroxylation is 2. The number of rotatable bonds is 4. The molecule has 3 nitrogen and oxygen atoms in total. The van der Waals surface area contributed by atoms with Gasteiger partial charge in [-0.05, 0) is 72.4 Å². The summed E-state index contributed by atoms with van der Waals surface area (Å²) in [5, 5.41) is 6.42. The van der Waals surface area contributed by atoms with E-state index < -0.39 is 0 Å². The summed E-state index contributed by atoms with van der Waals surface area (Å²) in [5.41, 5.74) is 4.76. The van der Waals surface area contributed by atoms with Crippen LogP contribution < -0.4 is 10.2 Å². The third-order valence-electron chi connectivity index (χ3n) is 4.89. The van der Waals surface area contributed by atoms with E-state index in [2.05, 4.69) is 70.8 Å². The van der Waals surface area contributed by atoms with Crippen molar-refractivity contribution in [2.75, 3.05) is 4.90 Å². The van der Waals surface area contributed by atoms with Crippen molar-refractivity contribution in [1.29, 1.82) is 0 Å². The van der Waals surface area contributed by atoms with E-state index in [0.717, 1.165) is 22.9 Å². The molecule has 0 unspecified atom stereocenters. The van der Waals surface area contributed by atoms with Gasteiger partial charge in [0.05, 0.1) is 17.8 Å². The first-order valence-corrected chi connectivity index (χ1v) is 10.1. The lowest BCUT2D eigenvalue weighted by molar-refractivity contribution is 0.573. The van der Waals surface area contributed by atoms with Crippen molar-refractivity contribution in [3.63, 3.8) is 0 Å². The molecule has 2 aromatic heterocycles. The number of benzene rings is 1. The summed E-state index contributed by atoms with van der Waals surface area (Å²) in [6, 6.07) is 17.1. The Labute approximate surface area is 163 Å². The minimum atomic E-state index is 0.0342. The number of hydrogen-bond donors (Lipinski definition) is 1. The van der Waals surface area contributed by atoms with Gasteiger partial charge < -0.3 is 10.2 Å². The van der Waals surface area contributed by atoms with Gasteiger partial charge in [0.25, 0.3) is 0 Å². The van der Waals surface area contributed by atoms with E-state index in [4.69, 9.17) is 12.2 Å². The summed E-state index contributed by atoms with van der Waals surface area (Å²) in [4.78, 5) is 8.17. The minimum absolute atomic E-state index is 0.0342. The smallest absolute Gasteiger partial charge is 0.174 e. The summed E-state index contributed by atoms with van der Waals surface area (Å²) in [6.07, 6.45) is 2.88. The highest BCUT2D eigenvalue weighted by molar-refractivity contribution is 7.80. The Morgan fingerprint density at radius 3 is 2.58 bits per heavy atom. The first-order valence-electron chi connectivity index (χ1n) is 8.82. The van der Waals surface area contributed by atoms with Gasteiger partial charge in [0.15, 0.2) is 5.11 Å². The first-order chi connectivity index (χ1) is 12.7. The van der Waals surface area contributed by atoms with E-state index >= 15 is 0 Å². The predicted molar refractivity (Wildman–Crippen MR) is 113 cm³/mol. The second-order valence-corrected chi connectivity index (χ2v) is 7.82. The van der Waals surface area contributed by atoms with Crippen LogP contribution in [-0.4, -0.2) is 10.1 Å². The number of nitrogens with one attached hydrogen (secondary N) is 1. The summed E-state index contributed by atoms with van der Waals surface area (Å²) in [5.74, 6) is 0. The van der Waals surface area contributed by atoms with Crippen LogP contribution in [0.25, 0.3) is 0 Å².